The highest BCUT2D eigenvalue weighted by Crippen LogP contribution is 2.23. The van der Waals surface area contributed by atoms with Crippen LogP contribution in [0.4, 0.5) is 10.5 Å². The topological polar surface area (TPSA) is 89.0 Å². The molecule has 0 radical (unpaired) electrons. The van der Waals surface area contributed by atoms with Gasteiger partial charge in [-0.3, -0.25) is 19.6 Å². The van der Waals surface area contributed by atoms with Crippen LogP contribution >= 0.6 is 0 Å². The van der Waals surface area contributed by atoms with Crippen LogP contribution in [0.2, 0.25) is 0 Å². The number of benzene rings is 1. The van der Waals surface area contributed by atoms with Gasteiger partial charge < -0.3 is 9.47 Å². The molecule has 0 aliphatic carbocycles. The van der Waals surface area contributed by atoms with Crippen molar-refractivity contribution in [3.63, 3.8) is 0 Å². The first kappa shape index (κ1) is 18.4. The van der Waals surface area contributed by atoms with Gasteiger partial charge in [0, 0.05) is 19.2 Å². The van der Waals surface area contributed by atoms with E-state index in [1.165, 1.54) is 35.4 Å². The van der Waals surface area contributed by atoms with Gasteiger partial charge in [0.2, 0.25) is 5.91 Å². The van der Waals surface area contributed by atoms with Crippen LogP contribution in [0, 0.1) is 0 Å². The maximum Gasteiger partial charge on any atom is 0.339 e. The number of rotatable bonds is 5. The van der Waals surface area contributed by atoms with Gasteiger partial charge in [-0.05, 0) is 23.8 Å². The molecule has 2 heterocycles. The van der Waals surface area contributed by atoms with E-state index in [-0.39, 0.29) is 31.0 Å². The highest BCUT2D eigenvalue weighted by molar-refractivity contribution is 6.06. The molecule has 0 unspecified atom stereocenters. The standard InChI is InChI=1S/C19H19N3O5/c1-26-16-5-3-13(4-6-16)12-22-17(23)7-8-21(19(22)25)15-9-14(10-20-11-15)18(24)27-2/h3-6,9-11H,7-8,12H2,1-2H3. The van der Waals surface area contributed by atoms with E-state index in [2.05, 4.69) is 9.72 Å². The third-order valence-corrected chi connectivity index (χ3v) is 4.27. The van der Waals surface area contributed by atoms with Crippen LogP contribution in [-0.2, 0) is 16.1 Å². The molecular weight excluding hydrogens is 350 g/mol. The zero-order valence-electron chi connectivity index (χ0n) is 15.0. The van der Waals surface area contributed by atoms with Crippen molar-refractivity contribution in [2.24, 2.45) is 0 Å². The number of ether oxygens (including phenoxy) is 2. The van der Waals surface area contributed by atoms with E-state index in [1.807, 2.05) is 0 Å². The Morgan fingerprint density at radius 3 is 2.56 bits per heavy atom. The Bertz CT molecular complexity index is 866. The average molecular weight is 369 g/mol. The highest BCUT2D eigenvalue weighted by Gasteiger charge is 2.33. The first-order valence-electron chi connectivity index (χ1n) is 8.31. The Morgan fingerprint density at radius 1 is 1.15 bits per heavy atom. The molecular formula is C19H19N3O5. The van der Waals surface area contributed by atoms with Gasteiger partial charge in [0.25, 0.3) is 0 Å². The number of esters is 1. The molecule has 0 spiro atoms. The van der Waals surface area contributed by atoms with E-state index in [9.17, 15) is 14.4 Å². The molecule has 1 fully saturated rings. The Kier molecular flexibility index (Phi) is 5.35. The second-order valence-corrected chi connectivity index (χ2v) is 5.94. The number of hydrogen-bond donors (Lipinski definition) is 0. The molecule has 8 heteroatoms. The van der Waals surface area contributed by atoms with Gasteiger partial charge in [-0.15, -0.1) is 0 Å². The molecule has 0 atom stereocenters. The van der Waals surface area contributed by atoms with Gasteiger partial charge in [0.1, 0.15) is 5.75 Å². The summed E-state index contributed by atoms with van der Waals surface area (Å²) >= 11 is 0. The molecule has 1 aromatic heterocycles. The largest absolute Gasteiger partial charge is 0.497 e. The predicted octanol–water partition coefficient (Wildman–Crippen LogP) is 2.24. The Labute approximate surface area is 156 Å². The second-order valence-electron chi connectivity index (χ2n) is 5.94. The highest BCUT2D eigenvalue weighted by atomic mass is 16.5. The number of nitrogens with zero attached hydrogens (tertiary/aromatic N) is 3. The number of aromatic nitrogens is 1. The summed E-state index contributed by atoms with van der Waals surface area (Å²) in [6.45, 7) is 0.380. The zero-order valence-corrected chi connectivity index (χ0v) is 15.0. The average Bonchev–Trinajstić information content (AvgIpc) is 2.71. The van der Waals surface area contributed by atoms with Gasteiger partial charge in [-0.2, -0.15) is 0 Å². The number of methoxy groups -OCH3 is 2. The van der Waals surface area contributed by atoms with Crippen molar-refractivity contribution in [2.75, 3.05) is 25.7 Å². The SMILES string of the molecule is COC(=O)c1cncc(N2CCC(=O)N(Cc3ccc(OC)cc3)C2=O)c1. The van der Waals surface area contributed by atoms with Crippen molar-refractivity contribution in [3.8, 4) is 5.75 Å². The molecule has 3 rings (SSSR count). The minimum Gasteiger partial charge on any atom is -0.497 e. The minimum absolute atomic E-state index is 0.155. The van der Waals surface area contributed by atoms with E-state index < -0.39 is 12.0 Å². The summed E-state index contributed by atoms with van der Waals surface area (Å²) in [5.74, 6) is -0.0912. The number of imide groups is 1. The molecule has 140 valence electrons. The van der Waals surface area contributed by atoms with E-state index in [1.54, 1.807) is 31.4 Å². The summed E-state index contributed by atoms with van der Waals surface area (Å²) < 4.78 is 9.80. The Morgan fingerprint density at radius 2 is 1.89 bits per heavy atom. The first-order valence-corrected chi connectivity index (χ1v) is 8.31. The van der Waals surface area contributed by atoms with Crippen LogP contribution in [0.25, 0.3) is 0 Å². The number of carbonyl (C=O) groups excluding carboxylic acids is 3. The van der Waals surface area contributed by atoms with Crippen LogP contribution in [0.1, 0.15) is 22.3 Å². The van der Waals surface area contributed by atoms with E-state index >= 15 is 0 Å². The lowest BCUT2D eigenvalue weighted by molar-refractivity contribution is -0.129. The summed E-state index contributed by atoms with van der Waals surface area (Å²) in [6, 6.07) is 8.23. The molecule has 1 aliphatic rings. The lowest BCUT2D eigenvalue weighted by atomic mass is 10.1. The molecule has 27 heavy (non-hydrogen) atoms. The Balaban J connectivity index is 1.82. The number of carbonyl (C=O) groups is 3. The van der Waals surface area contributed by atoms with Crippen LogP contribution in [0.3, 0.4) is 0 Å². The summed E-state index contributed by atoms with van der Waals surface area (Å²) in [5.41, 5.74) is 1.48. The van der Waals surface area contributed by atoms with Gasteiger partial charge >= 0.3 is 12.0 Å². The van der Waals surface area contributed by atoms with Crippen molar-refractivity contribution < 1.29 is 23.9 Å². The fourth-order valence-corrected chi connectivity index (χ4v) is 2.80. The normalized spacial score (nSPS) is 14.3. The zero-order chi connectivity index (χ0) is 19.4. The number of urea groups is 1. The molecule has 1 saturated heterocycles. The molecule has 1 aliphatic heterocycles. The number of anilines is 1. The fraction of sp³-hybridized carbons (Fsp3) is 0.263. The van der Waals surface area contributed by atoms with Gasteiger partial charge in [0.05, 0.1) is 38.2 Å². The molecule has 0 saturated carbocycles. The van der Waals surface area contributed by atoms with Crippen molar-refractivity contribution in [1.29, 1.82) is 0 Å². The first-order chi connectivity index (χ1) is 13.0. The van der Waals surface area contributed by atoms with Crippen molar-refractivity contribution >= 4 is 23.6 Å². The molecule has 3 amide bonds. The van der Waals surface area contributed by atoms with Crippen LogP contribution in [0.5, 0.6) is 5.75 Å². The van der Waals surface area contributed by atoms with Gasteiger partial charge in [0.15, 0.2) is 0 Å². The third-order valence-electron chi connectivity index (χ3n) is 4.27. The van der Waals surface area contributed by atoms with Gasteiger partial charge in [-0.25, -0.2) is 9.59 Å². The van der Waals surface area contributed by atoms with Crippen LogP contribution in [0.15, 0.2) is 42.7 Å². The number of amides is 3. The fourth-order valence-electron chi connectivity index (χ4n) is 2.80. The van der Waals surface area contributed by atoms with Crippen LogP contribution in [-0.4, -0.2) is 48.6 Å². The molecule has 0 bridgehead atoms. The van der Waals surface area contributed by atoms with Crippen LogP contribution < -0.4 is 9.64 Å². The third kappa shape index (κ3) is 3.89. The molecule has 2 aromatic rings. The minimum atomic E-state index is -0.542. The number of hydrogen-bond acceptors (Lipinski definition) is 6. The smallest absolute Gasteiger partial charge is 0.339 e. The molecule has 0 N–H and O–H groups in total. The summed E-state index contributed by atoms with van der Waals surface area (Å²) in [4.78, 5) is 43.5. The second kappa shape index (κ2) is 7.86. The lowest BCUT2D eigenvalue weighted by Gasteiger charge is -2.34. The predicted molar refractivity (Wildman–Crippen MR) is 96.5 cm³/mol. The summed E-state index contributed by atoms with van der Waals surface area (Å²) in [5, 5.41) is 0. The van der Waals surface area contributed by atoms with E-state index in [0.717, 1.165) is 5.56 Å². The van der Waals surface area contributed by atoms with Crippen molar-refractivity contribution in [3.05, 3.63) is 53.9 Å². The quantitative estimate of drug-likeness (QED) is 0.751. The van der Waals surface area contributed by atoms with E-state index in [0.29, 0.717) is 11.4 Å². The summed E-state index contributed by atoms with van der Waals surface area (Å²) in [6.07, 6.45) is 3.03. The monoisotopic (exact) mass is 369 g/mol. The Hall–Kier alpha value is -3.42. The van der Waals surface area contributed by atoms with Crippen molar-refractivity contribution in [1.82, 2.24) is 9.88 Å². The summed E-state index contributed by atoms with van der Waals surface area (Å²) in [7, 11) is 2.84. The lowest BCUT2D eigenvalue weighted by Crippen LogP contribution is -2.52. The molecule has 8 nitrogen and oxygen atoms in total. The number of pyridine rings is 1. The molecule has 1 aromatic carbocycles. The maximum absolute atomic E-state index is 12.9. The maximum atomic E-state index is 12.9. The van der Waals surface area contributed by atoms with Gasteiger partial charge in [-0.1, -0.05) is 12.1 Å². The van der Waals surface area contributed by atoms with Crippen molar-refractivity contribution in [2.45, 2.75) is 13.0 Å². The van der Waals surface area contributed by atoms with E-state index in [4.69, 9.17) is 4.74 Å².